The van der Waals surface area contributed by atoms with Crippen LogP contribution < -0.4 is 14.8 Å². The van der Waals surface area contributed by atoms with Crippen molar-refractivity contribution in [3.8, 4) is 11.5 Å². The Morgan fingerprint density at radius 2 is 1.71 bits per heavy atom. The van der Waals surface area contributed by atoms with Crippen LogP contribution in [-0.2, 0) is 4.74 Å². The molecule has 0 aromatic heterocycles. The number of carbonyl (C=O) groups is 1. The molecular formula is C22H28N2O4. The van der Waals surface area contributed by atoms with E-state index in [1.54, 1.807) is 7.11 Å². The van der Waals surface area contributed by atoms with Crippen molar-refractivity contribution in [2.75, 3.05) is 38.8 Å². The quantitative estimate of drug-likeness (QED) is 0.682. The number of urea groups is 1. The lowest BCUT2D eigenvalue weighted by molar-refractivity contribution is 0.146. The largest absolute Gasteiger partial charge is 0.494 e. The molecule has 1 fully saturated rings. The zero-order chi connectivity index (χ0) is 19.8. The highest BCUT2D eigenvalue weighted by Gasteiger charge is 2.30. The Labute approximate surface area is 166 Å². The number of likely N-dealkylation sites (tertiary alicyclic amines) is 1. The predicted molar refractivity (Wildman–Crippen MR) is 109 cm³/mol. The van der Waals surface area contributed by atoms with Crippen LogP contribution in [0.3, 0.4) is 0 Å². The van der Waals surface area contributed by atoms with Crippen molar-refractivity contribution in [3.05, 3.63) is 54.1 Å². The molecule has 2 aromatic rings. The second kappa shape index (κ2) is 9.99. The molecule has 28 heavy (non-hydrogen) atoms. The Morgan fingerprint density at radius 1 is 1.04 bits per heavy atom. The Balaban J connectivity index is 1.59. The van der Waals surface area contributed by atoms with Gasteiger partial charge in [0.15, 0.2) is 0 Å². The topological polar surface area (TPSA) is 60.0 Å². The van der Waals surface area contributed by atoms with E-state index < -0.39 is 0 Å². The third kappa shape index (κ3) is 5.16. The molecule has 6 nitrogen and oxygen atoms in total. The lowest BCUT2D eigenvalue weighted by atomic mass is 10.0. The summed E-state index contributed by atoms with van der Waals surface area (Å²) < 4.78 is 16.0. The van der Waals surface area contributed by atoms with E-state index in [0.717, 1.165) is 42.1 Å². The van der Waals surface area contributed by atoms with Crippen LogP contribution in [0.2, 0.25) is 0 Å². The summed E-state index contributed by atoms with van der Waals surface area (Å²) in [7, 11) is 1.64. The van der Waals surface area contributed by atoms with Crippen LogP contribution in [0.15, 0.2) is 48.5 Å². The Kier molecular flexibility index (Phi) is 7.14. The van der Waals surface area contributed by atoms with Gasteiger partial charge in [0.1, 0.15) is 18.1 Å². The molecule has 6 heteroatoms. The average molecular weight is 384 g/mol. The molecule has 0 saturated carbocycles. The van der Waals surface area contributed by atoms with Crippen LogP contribution in [0.5, 0.6) is 11.5 Å². The van der Waals surface area contributed by atoms with Crippen LogP contribution in [0, 0.1) is 0 Å². The van der Waals surface area contributed by atoms with Crippen molar-refractivity contribution in [1.82, 2.24) is 4.90 Å². The van der Waals surface area contributed by atoms with E-state index in [1.807, 2.05) is 60.4 Å². The Morgan fingerprint density at radius 3 is 2.39 bits per heavy atom. The van der Waals surface area contributed by atoms with E-state index in [9.17, 15) is 4.79 Å². The molecule has 0 aliphatic carbocycles. The van der Waals surface area contributed by atoms with Crippen molar-refractivity contribution < 1.29 is 19.0 Å². The summed E-state index contributed by atoms with van der Waals surface area (Å²) in [6.07, 6.45) is 1.96. The van der Waals surface area contributed by atoms with Gasteiger partial charge < -0.3 is 24.4 Å². The normalized spacial score (nSPS) is 16.1. The molecule has 0 bridgehead atoms. The number of ether oxygens (including phenoxy) is 3. The highest BCUT2D eigenvalue weighted by molar-refractivity contribution is 5.89. The number of hydrogen-bond acceptors (Lipinski definition) is 4. The van der Waals surface area contributed by atoms with Gasteiger partial charge in [-0.15, -0.1) is 0 Å². The molecule has 1 aliphatic rings. The average Bonchev–Trinajstić information content (AvgIpc) is 3.20. The molecule has 1 atom stereocenters. The van der Waals surface area contributed by atoms with Gasteiger partial charge >= 0.3 is 6.03 Å². The van der Waals surface area contributed by atoms with E-state index in [0.29, 0.717) is 19.8 Å². The minimum Gasteiger partial charge on any atom is -0.494 e. The first-order chi connectivity index (χ1) is 13.7. The lowest BCUT2D eigenvalue weighted by Crippen LogP contribution is -2.34. The maximum absolute atomic E-state index is 12.8. The van der Waals surface area contributed by atoms with Gasteiger partial charge in [-0.2, -0.15) is 0 Å². The fraction of sp³-hybridized carbons (Fsp3) is 0.409. The van der Waals surface area contributed by atoms with E-state index in [1.165, 1.54) is 0 Å². The van der Waals surface area contributed by atoms with Crippen molar-refractivity contribution in [3.63, 3.8) is 0 Å². The van der Waals surface area contributed by atoms with Crippen LogP contribution in [0.1, 0.15) is 31.4 Å². The Bertz CT molecular complexity index is 746. The van der Waals surface area contributed by atoms with Gasteiger partial charge in [0.05, 0.1) is 19.3 Å². The summed E-state index contributed by atoms with van der Waals surface area (Å²) in [6.45, 7) is 4.41. The van der Waals surface area contributed by atoms with Crippen molar-refractivity contribution in [2.24, 2.45) is 0 Å². The fourth-order valence-corrected chi connectivity index (χ4v) is 3.38. The molecule has 1 saturated heterocycles. The number of nitrogens with zero attached hydrogens (tertiary/aromatic N) is 1. The molecule has 1 N–H and O–H groups in total. The molecule has 0 radical (unpaired) electrons. The molecule has 1 unspecified atom stereocenters. The van der Waals surface area contributed by atoms with E-state index in [2.05, 4.69) is 5.32 Å². The standard InChI is InChI=1S/C22H28N2O4/c1-3-27-19-10-6-17(7-11-19)21-5-4-14-24(21)22(25)23-18-8-12-20(13-9-18)28-16-15-26-2/h6-13,21H,3-5,14-16H2,1-2H3,(H,23,25). The number of benzene rings is 2. The number of anilines is 1. The number of carbonyl (C=O) groups excluding carboxylic acids is 1. The number of rotatable bonds is 8. The first-order valence-corrected chi connectivity index (χ1v) is 9.73. The van der Waals surface area contributed by atoms with Gasteiger partial charge in [-0.25, -0.2) is 4.79 Å². The summed E-state index contributed by atoms with van der Waals surface area (Å²) >= 11 is 0. The first-order valence-electron chi connectivity index (χ1n) is 9.73. The Hall–Kier alpha value is -2.73. The van der Waals surface area contributed by atoms with Gasteiger partial charge in [-0.1, -0.05) is 12.1 Å². The summed E-state index contributed by atoms with van der Waals surface area (Å²) in [5, 5.41) is 2.99. The lowest BCUT2D eigenvalue weighted by Gasteiger charge is -2.25. The minimum atomic E-state index is -0.0792. The van der Waals surface area contributed by atoms with Gasteiger partial charge in [0.25, 0.3) is 0 Å². The minimum absolute atomic E-state index is 0.0792. The summed E-state index contributed by atoms with van der Waals surface area (Å²) in [6, 6.07) is 15.4. The van der Waals surface area contributed by atoms with Gasteiger partial charge in [-0.3, -0.25) is 0 Å². The molecule has 1 aliphatic heterocycles. The van der Waals surface area contributed by atoms with Crippen LogP contribution in [0.4, 0.5) is 10.5 Å². The summed E-state index contributed by atoms with van der Waals surface area (Å²) in [4.78, 5) is 14.7. The van der Waals surface area contributed by atoms with Crippen molar-refractivity contribution in [2.45, 2.75) is 25.8 Å². The second-order valence-corrected chi connectivity index (χ2v) is 6.65. The number of amides is 2. The maximum atomic E-state index is 12.8. The molecular weight excluding hydrogens is 356 g/mol. The molecule has 0 spiro atoms. The summed E-state index contributed by atoms with van der Waals surface area (Å²) in [5.74, 6) is 1.61. The highest BCUT2D eigenvalue weighted by atomic mass is 16.5. The monoisotopic (exact) mass is 384 g/mol. The third-order valence-electron chi connectivity index (χ3n) is 4.75. The van der Waals surface area contributed by atoms with Crippen LogP contribution in [0.25, 0.3) is 0 Å². The van der Waals surface area contributed by atoms with Gasteiger partial charge in [0, 0.05) is 19.3 Å². The zero-order valence-electron chi connectivity index (χ0n) is 16.5. The number of methoxy groups -OCH3 is 1. The van der Waals surface area contributed by atoms with E-state index >= 15 is 0 Å². The molecule has 1 heterocycles. The van der Waals surface area contributed by atoms with Gasteiger partial charge in [-0.05, 0) is 61.7 Å². The smallest absolute Gasteiger partial charge is 0.322 e. The van der Waals surface area contributed by atoms with E-state index in [-0.39, 0.29) is 12.1 Å². The number of hydrogen-bond donors (Lipinski definition) is 1. The second-order valence-electron chi connectivity index (χ2n) is 6.65. The van der Waals surface area contributed by atoms with Gasteiger partial charge in [0.2, 0.25) is 0 Å². The SMILES string of the molecule is CCOc1ccc(C2CCCN2C(=O)Nc2ccc(OCCOC)cc2)cc1. The van der Waals surface area contributed by atoms with Crippen LogP contribution in [-0.4, -0.2) is 44.4 Å². The van der Waals surface area contributed by atoms with Crippen molar-refractivity contribution in [1.29, 1.82) is 0 Å². The third-order valence-corrected chi connectivity index (χ3v) is 4.75. The first kappa shape index (κ1) is 20.0. The fourth-order valence-electron chi connectivity index (χ4n) is 3.38. The van der Waals surface area contributed by atoms with E-state index in [4.69, 9.17) is 14.2 Å². The highest BCUT2D eigenvalue weighted by Crippen LogP contribution is 2.33. The molecule has 2 aromatic carbocycles. The maximum Gasteiger partial charge on any atom is 0.322 e. The number of nitrogens with one attached hydrogen (secondary N) is 1. The molecule has 3 rings (SSSR count). The zero-order valence-corrected chi connectivity index (χ0v) is 16.5. The summed E-state index contributed by atoms with van der Waals surface area (Å²) in [5.41, 5.74) is 1.89. The molecule has 150 valence electrons. The predicted octanol–water partition coefficient (Wildman–Crippen LogP) is 4.48. The van der Waals surface area contributed by atoms with Crippen LogP contribution >= 0.6 is 0 Å². The molecule has 2 amide bonds. The van der Waals surface area contributed by atoms with Crippen molar-refractivity contribution >= 4 is 11.7 Å².